The predicted octanol–water partition coefficient (Wildman–Crippen LogP) is 3.07. The lowest BCUT2D eigenvalue weighted by Crippen LogP contribution is -2.30. The fourth-order valence-electron chi connectivity index (χ4n) is 1.75. The van der Waals surface area contributed by atoms with Crippen molar-refractivity contribution in [2.75, 3.05) is 25.6 Å². The average Bonchev–Trinajstić information content (AvgIpc) is 2.76. The van der Waals surface area contributed by atoms with Gasteiger partial charge in [0.2, 0.25) is 0 Å². The van der Waals surface area contributed by atoms with Gasteiger partial charge in [0.1, 0.15) is 5.01 Å². The van der Waals surface area contributed by atoms with Crippen molar-refractivity contribution in [1.82, 2.24) is 15.2 Å². The molecule has 5 heteroatoms. The molecule has 0 radical (unpaired) electrons. The van der Waals surface area contributed by atoms with E-state index in [9.17, 15) is 0 Å². The zero-order valence-electron chi connectivity index (χ0n) is 12.8. The monoisotopic (exact) mass is 301 g/mol. The van der Waals surface area contributed by atoms with Crippen LogP contribution in [0.4, 0.5) is 0 Å². The van der Waals surface area contributed by atoms with Gasteiger partial charge >= 0.3 is 0 Å². The smallest absolute Gasteiger partial charge is 0.107 e. The minimum atomic E-state index is 0.596. The standard InChI is InChI=1S/C14H27N3S2/c1-11(2)6-15-7-14-16-13(10-19-14)8-17(4)12(3)9-18-5/h10-12,15H,6-9H2,1-5H3. The second-order valence-corrected chi connectivity index (χ2v) is 7.33. The lowest BCUT2D eigenvalue weighted by molar-refractivity contribution is 0.267. The van der Waals surface area contributed by atoms with Crippen LogP contribution in [-0.2, 0) is 13.1 Å². The van der Waals surface area contributed by atoms with Crippen molar-refractivity contribution in [3.8, 4) is 0 Å². The van der Waals surface area contributed by atoms with Crippen LogP contribution in [0.25, 0.3) is 0 Å². The van der Waals surface area contributed by atoms with Gasteiger partial charge in [0, 0.05) is 30.3 Å². The van der Waals surface area contributed by atoms with Crippen LogP contribution in [0, 0.1) is 5.92 Å². The number of aromatic nitrogens is 1. The highest BCUT2D eigenvalue weighted by Gasteiger charge is 2.11. The number of nitrogens with zero attached hydrogens (tertiary/aromatic N) is 2. The molecular formula is C14H27N3S2. The fraction of sp³-hybridized carbons (Fsp3) is 0.786. The summed E-state index contributed by atoms with van der Waals surface area (Å²) >= 11 is 3.66. The van der Waals surface area contributed by atoms with Crippen LogP contribution < -0.4 is 5.32 Å². The maximum Gasteiger partial charge on any atom is 0.107 e. The molecule has 19 heavy (non-hydrogen) atoms. The molecule has 0 aliphatic heterocycles. The minimum Gasteiger partial charge on any atom is -0.310 e. The third-order valence-corrected chi connectivity index (χ3v) is 4.71. The third kappa shape index (κ3) is 6.75. The van der Waals surface area contributed by atoms with Crippen molar-refractivity contribution in [1.29, 1.82) is 0 Å². The van der Waals surface area contributed by atoms with Crippen molar-refractivity contribution >= 4 is 23.1 Å². The molecule has 1 heterocycles. The van der Waals surface area contributed by atoms with Crippen molar-refractivity contribution in [2.24, 2.45) is 5.92 Å². The average molecular weight is 302 g/mol. The maximum atomic E-state index is 4.70. The van der Waals surface area contributed by atoms with Crippen LogP contribution >= 0.6 is 23.1 Å². The Bertz CT molecular complexity index is 352. The topological polar surface area (TPSA) is 28.2 Å². The summed E-state index contributed by atoms with van der Waals surface area (Å²) in [4.78, 5) is 7.07. The van der Waals surface area contributed by atoms with Crippen LogP contribution in [0.1, 0.15) is 31.5 Å². The molecule has 0 saturated carbocycles. The quantitative estimate of drug-likeness (QED) is 0.759. The molecule has 0 aliphatic carbocycles. The number of hydrogen-bond donors (Lipinski definition) is 1. The first-order chi connectivity index (χ1) is 9.02. The molecule has 3 nitrogen and oxygen atoms in total. The van der Waals surface area contributed by atoms with Gasteiger partial charge in [0.25, 0.3) is 0 Å². The van der Waals surface area contributed by atoms with Gasteiger partial charge in [0.15, 0.2) is 0 Å². The summed E-state index contributed by atoms with van der Waals surface area (Å²) in [6.45, 7) is 9.62. The molecule has 0 aromatic carbocycles. The second kappa shape index (κ2) is 8.95. The van der Waals surface area contributed by atoms with Gasteiger partial charge in [-0.3, -0.25) is 4.90 Å². The van der Waals surface area contributed by atoms with Crippen molar-refractivity contribution < 1.29 is 0 Å². The van der Waals surface area contributed by atoms with Gasteiger partial charge < -0.3 is 5.32 Å². The first-order valence-corrected chi connectivity index (χ1v) is 9.13. The van der Waals surface area contributed by atoms with Gasteiger partial charge in [-0.25, -0.2) is 4.98 Å². The molecule has 0 fully saturated rings. The molecule has 0 aliphatic rings. The first kappa shape index (κ1) is 17.0. The number of thioether (sulfide) groups is 1. The van der Waals surface area contributed by atoms with Gasteiger partial charge in [-0.2, -0.15) is 11.8 Å². The van der Waals surface area contributed by atoms with Crippen LogP contribution in [0.2, 0.25) is 0 Å². The molecule has 0 saturated heterocycles. The van der Waals surface area contributed by atoms with E-state index < -0.39 is 0 Å². The summed E-state index contributed by atoms with van der Waals surface area (Å²) in [5, 5.41) is 6.83. The van der Waals surface area contributed by atoms with E-state index in [1.54, 1.807) is 11.3 Å². The molecule has 0 bridgehead atoms. The second-order valence-electron chi connectivity index (χ2n) is 5.48. The van der Waals surface area contributed by atoms with Gasteiger partial charge in [-0.05, 0) is 32.7 Å². The Kier molecular flexibility index (Phi) is 7.99. The molecule has 1 aromatic heterocycles. The van der Waals surface area contributed by atoms with Crippen molar-refractivity contribution in [2.45, 2.75) is 39.9 Å². The van der Waals surface area contributed by atoms with Crippen molar-refractivity contribution in [3.05, 3.63) is 16.1 Å². The van der Waals surface area contributed by atoms with E-state index in [2.05, 4.69) is 49.7 Å². The molecule has 110 valence electrons. The summed E-state index contributed by atoms with van der Waals surface area (Å²) in [7, 11) is 2.18. The number of nitrogens with one attached hydrogen (secondary N) is 1. The van der Waals surface area contributed by atoms with Crippen LogP contribution in [0.5, 0.6) is 0 Å². The van der Waals surface area contributed by atoms with E-state index in [4.69, 9.17) is 4.98 Å². The maximum absolute atomic E-state index is 4.70. The molecule has 1 unspecified atom stereocenters. The largest absolute Gasteiger partial charge is 0.310 e. The Labute approximate surface area is 126 Å². The predicted molar refractivity (Wildman–Crippen MR) is 88.0 cm³/mol. The summed E-state index contributed by atoms with van der Waals surface area (Å²) in [5.74, 6) is 1.86. The molecule has 0 amide bonds. The highest BCUT2D eigenvalue weighted by atomic mass is 32.2. The molecule has 1 aromatic rings. The van der Waals surface area contributed by atoms with Gasteiger partial charge in [-0.15, -0.1) is 11.3 Å². The highest BCUT2D eigenvalue weighted by Crippen LogP contribution is 2.13. The minimum absolute atomic E-state index is 0.596. The summed E-state index contributed by atoms with van der Waals surface area (Å²) in [5.41, 5.74) is 1.20. The highest BCUT2D eigenvalue weighted by molar-refractivity contribution is 7.98. The molecular weight excluding hydrogens is 274 g/mol. The molecule has 1 atom stereocenters. The molecule has 1 rings (SSSR count). The number of hydrogen-bond acceptors (Lipinski definition) is 5. The van der Waals surface area contributed by atoms with Gasteiger partial charge in [0.05, 0.1) is 5.69 Å². The Morgan fingerprint density at radius 1 is 1.42 bits per heavy atom. The van der Waals surface area contributed by atoms with E-state index in [-0.39, 0.29) is 0 Å². The Morgan fingerprint density at radius 3 is 2.79 bits per heavy atom. The zero-order chi connectivity index (χ0) is 14.3. The normalized spacial score (nSPS) is 13.4. The lowest BCUT2D eigenvalue weighted by atomic mass is 10.2. The van der Waals surface area contributed by atoms with Crippen molar-refractivity contribution in [3.63, 3.8) is 0 Å². The summed E-state index contributed by atoms with van der Waals surface area (Å²) in [6.07, 6.45) is 2.16. The molecule has 0 spiro atoms. The van der Waals surface area contributed by atoms with E-state index in [0.717, 1.165) is 19.6 Å². The third-order valence-electron chi connectivity index (χ3n) is 3.00. The Balaban J connectivity index is 2.37. The lowest BCUT2D eigenvalue weighted by Gasteiger charge is -2.22. The van der Waals surface area contributed by atoms with Gasteiger partial charge in [-0.1, -0.05) is 13.8 Å². The van der Waals surface area contributed by atoms with E-state index in [1.807, 2.05) is 11.8 Å². The Morgan fingerprint density at radius 2 is 2.16 bits per heavy atom. The Hall–Kier alpha value is -0.100. The number of thiazole rings is 1. The molecule has 1 N–H and O–H groups in total. The zero-order valence-corrected chi connectivity index (χ0v) is 14.4. The summed E-state index contributed by atoms with van der Waals surface area (Å²) in [6, 6.07) is 0.596. The first-order valence-electron chi connectivity index (χ1n) is 6.86. The SMILES string of the molecule is CSCC(C)N(C)Cc1csc(CNCC(C)C)n1. The van der Waals surface area contributed by atoms with E-state index in [1.165, 1.54) is 16.5 Å². The van der Waals surface area contributed by atoms with E-state index in [0.29, 0.717) is 12.0 Å². The van der Waals surface area contributed by atoms with E-state index >= 15 is 0 Å². The number of rotatable bonds is 9. The van der Waals surface area contributed by atoms with Crippen LogP contribution in [0.15, 0.2) is 5.38 Å². The fourth-order valence-corrected chi connectivity index (χ4v) is 3.24. The van der Waals surface area contributed by atoms with Crippen LogP contribution in [0.3, 0.4) is 0 Å². The van der Waals surface area contributed by atoms with Crippen LogP contribution in [-0.4, -0.2) is 41.5 Å². The summed E-state index contributed by atoms with van der Waals surface area (Å²) < 4.78 is 0.